The van der Waals surface area contributed by atoms with Gasteiger partial charge in [-0.05, 0) is 68.0 Å². The normalized spacial score (nSPS) is 10.0. The fourth-order valence-electron chi connectivity index (χ4n) is 1.83. The minimum Gasteiger partial charge on any atom is -0.494 e. The molecule has 0 aliphatic heterocycles. The molecule has 2 aromatic carbocycles. The second kappa shape index (κ2) is 7.29. The van der Waals surface area contributed by atoms with E-state index >= 15 is 0 Å². The highest BCUT2D eigenvalue weighted by Gasteiger charge is 2.04. The maximum absolute atomic E-state index is 6.09. The molecular weight excluding hydrogens is 304 g/mol. The van der Waals surface area contributed by atoms with Crippen LogP contribution in [0.5, 0.6) is 5.75 Å². The van der Waals surface area contributed by atoms with Crippen molar-refractivity contribution in [1.29, 1.82) is 0 Å². The molecule has 0 aliphatic carbocycles. The summed E-state index contributed by atoms with van der Waals surface area (Å²) in [6, 6.07) is 13.3. The van der Waals surface area contributed by atoms with Crippen LogP contribution in [-0.2, 0) is 0 Å². The summed E-state index contributed by atoms with van der Waals surface area (Å²) in [6.45, 7) is 4.56. The van der Waals surface area contributed by atoms with Crippen LogP contribution in [0, 0.1) is 6.92 Å². The lowest BCUT2D eigenvalue weighted by Gasteiger charge is -2.13. The van der Waals surface area contributed by atoms with Crippen molar-refractivity contribution in [3.63, 3.8) is 0 Å². The summed E-state index contributed by atoms with van der Waals surface area (Å²) >= 11 is 11.4. The molecule has 0 saturated heterocycles. The Balaban J connectivity index is 1.99. The van der Waals surface area contributed by atoms with Crippen molar-refractivity contribution in [2.75, 3.05) is 17.2 Å². The first-order valence-electron chi connectivity index (χ1n) is 6.66. The summed E-state index contributed by atoms with van der Waals surface area (Å²) in [4.78, 5) is 0. The van der Waals surface area contributed by atoms with Gasteiger partial charge in [-0.15, -0.1) is 0 Å². The van der Waals surface area contributed by atoms with Crippen molar-refractivity contribution in [2.45, 2.75) is 13.8 Å². The molecule has 0 fully saturated rings. The summed E-state index contributed by atoms with van der Waals surface area (Å²) in [7, 11) is 0. The third-order valence-corrected chi connectivity index (χ3v) is 3.55. The molecule has 0 aliphatic rings. The Labute approximate surface area is 135 Å². The van der Waals surface area contributed by atoms with Crippen molar-refractivity contribution in [1.82, 2.24) is 0 Å². The quantitative estimate of drug-likeness (QED) is 0.788. The molecule has 0 aromatic heterocycles. The minimum atomic E-state index is 0.518. The number of ether oxygens (including phenoxy) is 1. The van der Waals surface area contributed by atoms with E-state index in [0.29, 0.717) is 16.7 Å². The van der Waals surface area contributed by atoms with Crippen molar-refractivity contribution in [3.8, 4) is 5.75 Å². The van der Waals surface area contributed by atoms with Gasteiger partial charge in [0.2, 0.25) is 0 Å². The maximum atomic E-state index is 6.09. The molecule has 3 nitrogen and oxygen atoms in total. The van der Waals surface area contributed by atoms with E-state index in [-0.39, 0.29) is 0 Å². The second-order valence-electron chi connectivity index (χ2n) is 4.45. The lowest BCUT2D eigenvalue weighted by atomic mass is 10.2. The van der Waals surface area contributed by atoms with E-state index in [2.05, 4.69) is 10.6 Å². The molecule has 0 unspecified atom stereocenters. The predicted octanol–water partition coefficient (Wildman–Crippen LogP) is 4.86. The van der Waals surface area contributed by atoms with Crippen LogP contribution in [0.2, 0.25) is 5.02 Å². The van der Waals surface area contributed by atoms with Crippen molar-refractivity contribution in [3.05, 3.63) is 53.1 Å². The van der Waals surface area contributed by atoms with Crippen LogP contribution in [0.4, 0.5) is 11.4 Å². The average Bonchev–Trinajstić information content (AvgIpc) is 2.46. The first-order valence-corrected chi connectivity index (χ1v) is 7.44. The van der Waals surface area contributed by atoms with Crippen LogP contribution in [-0.4, -0.2) is 11.7 Å². The van der Waals surface area contributed by atoms with Gasteiger partial charge < -0.3 is 15.4 Å². The van der Waals surface area contributed by atoms with Crippen molar-refractivity contribution in [2.24, 2.45) is 0 Å². The highest BCUT2D eigenvalue weighted by molar-refractivity contribution is 7.80. The molecule has 0 spiro atoms. The Kier molecular flexibility index (Phi) is 5.42. The lowest BCUT2D eigenvalue weighted by molar-refractivity contribution is 0.340. The Morgan fingerprint density at radius 1 is 1.14 bits per heavy atom. The van der Waals surface area contributed by atoms with Gasteiger partial charge in [0.25, 0.3) is 0 Å². The standard InChI is InChI=1S/C16H17ClN2OS/c1-3-20-13-9-7-12(8-10-13)18-16(21)19-15-6-4-5-14(17)11(15)2/h4-10H,3H2,1-2H3,(H2,18,19,21). The maximum Gasteiger partial charge on any atom is 0.175 e. The van der Waals surface area contributed by atoms with E-state index in [1.807, 2.05) is 56.3 Å². The third kappa shape index (κ3) is 4.34. The zero-order valence-electron chi connectivity index (χ0n) is 11.9. The molecule has 0 bridgehead atoms. The zero-order chi connectivity index (χ0) is 15.2. The van der Waals surface area contributed by atoms with Crippen LogP contribution in [0.25, 0.3) is 0 Å². The zero-order valence-corrected chi connectivity index (χ0v) is 13.5. The first kappa shape index (κ1) is 15.6. The molecule has 2 N–H and O–H groups in total. The molecule has 0 heterocycles. The molecule has 0 radical (unpaired) electrons. The number of hydrogen-bond donors (Lipinski definition) is 2. The molecule has 0 saturated carbocycles. The first-order chi connectivity index (χ1) is 10.1. The lowest BCUT2D eigenvalue weighted by Crippen LogP contribution is -2.19. The summed E-state index contributed by atoms with van der Waals surface area (Å²) in [6.07, 6.45) is 0. The van der Waals surface area contributed by atoms with E-state index in [4.69, 9.17) is 28.6 Å². The topological polar surface area (TPSA) is 33.3 Å². The number of anilines is 2. The fourth-order valence-corrected chi connectivity index (χ4v) is 2.23. The average molecular weight is 321 g/mol. The van der Waals surface area contributed by atoms with Gasteiger partial charge in [-0.25, -0.2) is 0 Å². The monoisotopic (exact) mass is 320 g/mol. The SMILES string of the molecule is CCOc1ccc(NC(=S)Nc2cccc(Cl)c2C)cc1. The van der Waals surface area contributed by atoms with E-state index < -0.39 is 0 Å². The minimum absolute atomic E-state index is 0.518. The van der Waals surface area contributed by atoms with Gasteiger partial charge in [0.1, 0.15) is 5.75 Å². The summed E-state index contributed by atoms with van der Waals surface area (Å²) < 4.78 is 5.40. The fraction of sp³-hybridized carbons (Fsp3) is 0.188. The highest BCUT2D eigenvalue weighted by Crippen LogP contribution is 2.23. The van der Waals surface area contributed by atoms with Gasteiger partial charge in [-0.2, -0.15) is 0 Å². The van der Waals surface area contributed by atoms with Gasteiger partial charge in [-0.3, -0.25) is 0 Å². The van der Waals surface area contributed by atoms with Crippen LogP contribution in [0.1, 0.15) is 12.5 Å². The molecule has 2 aromatic rings. The van der Waals surface area contributed by atoms with Gasteiger partial charge in [0.15, 0.2) is 5.11 Å². The number of benzene rings is 2. The van der Waals surface area contributed by atoms with E-state index in [9.17, 15) is 0 Å². The molecule has 2 rings (SSSR count). The summed E-state index contributed by atoms with van der Waals surface area (Å²) in [5.74, 6) is 0.840. The molecule has 0 atom stereocenters. The number of rotatable bonds is 4. The van der Waals surface area contributed by atoms with Crippen LogP contribution >= 0.6 is 23.8 Å². The highest BCUT2D eigenvalue weighted by atomic mass is 35.5. The number of thiocarbonyl (C=S) groups is 1. The largest absolute Gasteiger partial charge is 0.494 e. The molecule has 21 heavy (non-hydrogen) atoms. The van der Waals surface area contributed by atoms with Gasteiger partial charge in [0, 0.05) is 16.4 Å². The summed E-state index contributed by atoms with van der Waals surface area (Å²) in [5.41, 5.74) is 2.76. The van der Waals surface area contributed by atoms with Crippen molar-refractivity contribution >= 4 is 40.3 Å². The Hall–Kier alpha value is -1.78. The Morgan fingerprint density at radius 3 is 2.52 bits per heavy atom. The third-order valence-electron chi connectivity index (χ3n) is 2.94. The van der Waals surface area contributed by atoms with E-state index in [1.165, 1.54) is 0 Å². The van der Waals surface area contributed by atoms with E-state index in [1.54, 1.807) is 0 Å². The number of halogens is 1. The molecular formula is C16H17ClN2OS. The van der Waals surface area contributed by atoms with Crippen LogP contribution in [0.3, 0.4) is 0 Å². The summed E-state index contributed by atoms with van der Waals surface area (Å²) in [5, 5.41) is 7.50. The predicted molar refractivity (Wildman–Crippen MR) is 93.6 cm³/mol. The second-order valence-corrected chi connectivity index (χ2v) is 5.26. The number of hydrogen-bond acceptors (Lipinski definition) is 2. The smallest absolute Gasteiger partial charge is 0.175 e. The van der Waals surface area contributed by atoms with E-state index in [0.717, 1.165) is 22.7 Å². The van der Waals surface area contributed by atoms with Gasteiger partial charge in [0.05, 0.1) is 6.61 Å². The Morgan fingerprint density at radius 2 is 1.86 bits per heavy atom. The molecule has 5 heteroatoms. The van der Waals surface area contributed by atoms with Crippen LogP contribution < -0.4 is 15.4 Å². The molecule has 110 valence electrons. The van der Waals surface area contributed by atoms with Crippen molar-refractivity contribution < 1.29 is 4.74 Å². The van der Waals surface area contributed by atoms with Gasteiger partial charge >= 0.3 is 0 Å². The number of nitrogens with one attached hydrogen (secondary N) is 2. The van der Waals surface area contributed by atoms with Gasteiger partial charge in [-0.1, -0.05) is 17.7 Å². The molecule has 0 amide bonds. The Bertz CT molecular complexity index is 629. The van der Waals surface area contributed by atoms with Crippen LogP contribution in [0.15, 0.2) is 42.5 Å².